The number of piperazine rings is 1. The lowest BCUT2D eigenvalue weighted by atomic mass is 10.0. The van der Waals surface area contributed by atoms with E-state index in [1.54, 1.807) is 12.1 Å². The molecule has 1 heterocycles. The number of rotatable bonds is 5. The van der Waals surface area contributed by atoms with Crippen molar-refractivity contribution in [2.24, 2.45) is 0 Å². The Kier molecular flexibility index (Phi) is 6.37. The second-order valence-corrected chi connectivity index (χ2v) is 7.55. The number of para-hydroxylation sites is 1. The standard InChI is InChI=1S/C21H26ClN3O2/c1-15-11-17(20(26)12-16(15)2)13-24-7-9-25(10-8-24)14-21(27)23-19-6-4-3-5-18(19)22/h3-6,11-12,26H,7-10,13-14H2,1-2H3,(H,23,27). The Balaban J connectivity index is 1.48. The highest BCUT2D eigenvalue weighted by atomic mass is 35.5. The minimum absolute atomic E-state index is 0.0525. The third kappa shape index (κ3) is 5.22. The number of aromatic hydroxyl groups is 1. The first-order chi connectivity index (χ1) is 12.9. The van der Waals surface area contributed by atoms with Crippen LogP contribution in [0.25, 0.3) is 0 Å². The molecular formula is C21H26ClN3O2. The van der Waals surface area contributed by atoms with E-state index in [1.165, 1.54) is 5.56 Å². The Labute approximate surface area is 165 Å². The van der Waals surface area contributed by atoms with Crippen LogP contribution in [0.2, 0.25) is 5.02 Å². The molecule has 144 valence electrons. The molecule has 2 aromatic rings. The van der Waals surface area contributed by atoms with Gasteiger partial charge in [-0.05, 0) is 43.2 Å². The van der Waals surface area contributed by atoms with Crippen LogP contribution in [0.1, 0.15) is 16.7 Å². The lowest BCUT2D eigenvalue weighted by Gasteiger charge is -2.34. The predicted octanol–water partition coefficient (Wildman–Crippen LogP) is 3.42. The molecule has 0 radical (unpaired) electrons. The second-order valence-electron chi connectivity index (χ2n) is 7.15. The summed E-state index contributed by atoms with van der Waals surface area (Å²) in [6.45, 7) is 8.53. The fraction of sp³-hybridized carbons (Fsp3) is 0.381. The van der Waals surface area contributed by atoms with Gasteiger partial charge in [-0.25, -0.2) is 0 Å². The molecule has 2 N–H and O–H groups in total. The molecule has 0 atom stereocenters. The molecule has 2 aromatic carbocycles. The number of hydrogen-bond donors (Lipinski definition) is 2. The summed E-state index contributed by atoms with van der Waals surface area (Å²) in [6, 6.07) is 11.1. The maximum Gasteiger partial charge on any atom is 0.238 e. The number of halogens is 1. The van der Waals surface area contributed by atoms with Crippen LogP contribution in [0.5, 0.6) is 5.75 Å². The van der Waals surface area contributed by atoms with E-state index in [-0.39, 0.29) is 5.91 Å². The summed E-state index contributed by atoms with van der Waals surface area (Å²) < 4.78 is 0. The van der Waals surface area contributed by atoms with Crippen LogP contribution in [-0.2, 0) is 11.3 Å². The van der Waals surface area contributed by atoms with Crippen molar-refractivity contribution in [1.82, 2.24) is 9.80 Å². The van der Waals surface area contributed by atoms with Crippen LogP contribution in [0.15, 0.2) is 36.4 Å². The molecule has 1 aliphatic heterocycles. The molecule has 0 bridgehead atoms. The van der Waals surface area contributed by atoms with Gasteiger partial charge in [0, 0.05) is 38.3 Å². The van der Waals surface area contributed by atoms with Crippen LogP contribution in [0.4, 0.5) is 5.69 Å². The molecule has 1 fully saturated rings. The molecule has 0 aromatic heterocycles. The molecule has 1 amide bonds. The number of aryl methyl sites for hydroxylation is 2. The third-order valence-corrected chi connectivity index (χ3v) is 5.40. The summed E-state index contributed by atoms with van der Waals surface area (Å²) in [7, 11) is 0. The molecule has 1 aliphatic rings. The maximum atomic E-state index is 12.3. The number of hydrogen-bond acceptors (Lipinski definition) is 4. The lowest BCUT2D eigenvalue weighted by molar-refractivity contribution is -0.117. The van der Waals surface area contributed by atoms with E-state index in [0.29, 0.717) is 23.0 Å². The van der Waals surface area contributed by atoms with E-state index in [9.17, 15) is 9.90 Å². The largest absolute Gasteiger partial charge is 0.508 e. The molecule has 0 spiro atoms. The summed E-state index contributed by atoms with van der Waals surface area (Å²) in [4.78, 5) is 16.7. The Bertz CT molecular complexity index is 817. The highest BCUT2D eigenvalue weighted by molar-refractivity contribution is 6.33. The van der Waals surface area contributed by atoms with Gasteiger partial charge in [0.05, 0.1) is 17.3 Å². The number of anilines is 1. The summed E-state index contributed by atoms with van der Waals surface area (Å²) in [5.74, 6) is 0.308. The van der Waals surface area contributed by atoms with Gasteiger partial charge in [-0.2, -0.15) is 0 Å². The number of amides is 1. The maximum absolute atomic E-state index is 12.3. The van der Waals surface area contributed by atoms with Gasteiger partial charge < -0.3 is 10.4 Å². The zero-order chi connectivity index (χ0) is 19.4. The van der Waals surface area contributed by atoms with Gasteiger partial charge >= 0.3 is 0 Å². The molecule has 6 heteroatoms. The van der Waals surface area contributed by atoms with E-state index in [2.05, 4.69) is 28.1 Å². The smallest absolute Gasteiger partial charge is 0.238 e. The molecule has 5 nitrogen and oxygen atoms in total. The van der Waals surface area contributed by atoms with E-state index in [1.807, 2.05) is 25.1 Å². The van der Waals surface area contributed by atoms with E-state index in [4.69, 9.17) is 11.6 Å². The average Bonchev–Trinajstić information content (AvgIpc) is 2.63. The molecule has 1 saturated heterocycles. The quantitative estimate of drug-likeness (QED) is 0.825. The third-order valence-electron chi connectivity index (χ3n) is 5.07. The number of carbonyl (C=O) groups is 1. The summed E-state index contributed by atoms with van der Waals surface area (Å²) in [5.41, 5.74) is 3.90. The van der Waals surface area contributed by atoms with Gasteiger partial charge in [0.25, 0.3) is 0 Å². The van der Waals surface area contributed by atoms with Crippen LogP contribution < -0.4 is 5.32 Å². The van der Waals surface area contributed by atoms with Crippen molar-refractivity contribution in [3.63, 3.8) is 0 Å². The van der Waals surface area contributed by atoms with E-state index in [0.717, 1.165) is 43.9 Å². The first-order valence-electron chi connectivity index (χ1n) is 9.20. The van der Waals surface area contributed by atoms with Gasteiger partial charge in [0.15, 0.2) is 0 Å². The highest BCUT2D eigenvalue weighted by Gasteiger charge is 2.20. The molecule has 27 heavy (non-hydrogen) atoms. The highest BCUT2D eigenvalue weighted by Crippen LogP contribution is 2.24. The van der Waals surface area contributed by atoms with Crippen LogP contribution in [0.3, 0.4) is 0 Å². The Hall–Kier alpha value is -2.08. The monoisotopic (exact) mass is 387 g/mol. The van der Waals surface area contributed by atoms with E-state index >= 15 is 0 Å². The summed E-state index contributed by atoms with van der Waals surface area (Å²) in [6.07, 6.45) is 0. The lowest BCUT2D eigenvalue weighted by Crippen LogP contribution is -2.48. The number of phenolic OH excluding ortho intramolecular Hbond substituents is 1. The van der Waals surface area contributed by atoms with Crippen LogP contribution in [0, 0.1) is 13.8 Å². The van der Waals surface area contributed by atoms with Gasteiger partial charge in [0.1, 0.15) is 5.75 Å². The van der Waals surface area contributed by atoms with Crippen molar-refractivity contribution >= 4 is 23.2 Å². The normalized spacial score (nSPS) is 15.7. The van der Waals surface area contributed by atoms with Gasteiger partial charge in [-0.3, -0.25) is 14.6 Å². The Morgan fingerprint density at radius 1 is 1.07 bits per heavy atom. The minimum atomic E-state index is -0.0525. The van der Waals surface area contributed by atoms with Gasteiger partial charge in [-0.15, -0.1) is 0 Å². The second kappa shape index (κ2) is 8.74. The molecule has 0 aliphatic carbocycles. The van der Waals surface area contributed by atoms with Crippen molar-refractivity contribution < 1.29 is 9.90 Å². The van der Waals surface area contributed by atoms with Crippen molar-refractivity contribution in [2.75, 3.05) is 38.0 Å². The molecular weight excluding hydrogens is 362 g/mol. The van der Waals surface area contributed by atoms with Gasteiger partial charge in [0.2, 0.25) is 5.91 Å². The Morgan fingerprint density at radius 2 is 1.70 bits per heavy atom. The van der Waals surface area contributed by atoms with Crippen molar-refractivity contribution in [3.8, 4) is 5.75 Å². The number of nitrogens with one attached hydrogen (secondary N) is 1. The van der Waals surface area contributed by atoms with Crippen molar-refractivity contribution in [3.05, 3.63) is 58.1 Å². The van der Waals surface area contributed by atoms with Crippen molar-refractivity contribution in [1.29, 1.82) is 0 Å². The topological polar surface area (TPSA) is 55.8 Å². The molecule has 3 rings (SSSR count). The SMILES string of the molecule is Cc1cc(O)c(CN2CCN(CC(=O)Nc3ccccc3Cl)CC2)cc1C. The number of benzene rings is 2. The summed E-state index contributed by atoms with van der Waals surface area (Å²) >= 11 is 6.09. The minimum Gasteiger partial charge on any atom is -0.508 e. The first-order valence-corrected chi connectivity index (χ1v) is 9.58. The van der Waals surface area contributed by atoms with Gasteiger partial charge in [-0.1, -0.05) is 29.8 Å². The number of nitrogens with zero attached hydrogens (tertiary/aromatic N) is 2. The average molecular weight is 388 g/mol. The Morgan fingerprint density at radius 3 is 2.41 bits per heavy atom. The van der Waals surface area contributed by atoms with Crippen LogP contribution >= 0.6 is 11.6 Å². The zero-order valence-electron chi connectivity index (χ0n) is 15.8. The molecule has 0 unspecified atom stereocenters. The number of carbonyl (C=O) groups excluding carboxylic acids is 1. The number of phenols is 1. The zero-order valence-corrected chi connectivity index (χ0v) is 16.6. The fourth-order valence-electron chi connectivity index (χ4n) is 3.29. The summed E-state index contributed by atoms with van der Waals surface area (Å²) in [5, 5.41) is 13.6. The van der Waals surface area contributed by atoms with E-state index < -0.39 is 0 Å². The predicted molar refractivity (Wildman–Crippen MR) is 109 cm³/mol. The van der Waals surface area contributed by atoms with Crippen molar-refractivity contribution in [2.45, 2.75) is 20.4 Å². The fourth-order valence-corrected chi connectivity index (χ4v) is 3.47. The molecule has 0 saturated carbocycles. The first kappa shape index (κ1) is 19.7. The van der Waals surface area contributed by atoms with Crippen LogP contribution in [-0.4, -0.2) is 53.5 Å².